The summed E-state index contributed by atoms with van der Waals surface area (Å²) in [4.78, 5) is 158. The van der Waals surface area contributed by atoms with Gasteiger partial charge < -0.3 is 50.3 Å². The quantitative estimate of drug-likeness (QED) is 0.194. The predicted octanol–water partition coefficient (Wildman–Crippen LogP) is 2.46. The molecule has 2 aromatic carbocycles. The minimum Gasteiger partial charge on any atom is -0.461 e. The molecule has 6 rings (SSSR count). The molecule has 424 valence electrons. The molecule has 0 spiro atoms. The number of ether oxygens (including phenoxy) is 2. The minimum absolute atomic E-state index is 0.0660. The lowest BCUT2D eigenvalue weighted by Crippen LogP contribution is -2.60. The average molecular weight is 1130 g/mol. The predicted molar refractivity (Wildman–Crippen MR) is 298 cm³/mol. The van der Waals surface area contributed by atoms with Crippen LogP contribution in [0.4, 0.5) is 0 Å². The van der Waals surface area contributed by atoms with Crippen LogP contribution in [0.2, 0.25) is 0 Å². The van der Waals surface area contributed by atoms with Crippen molar-refractivity contribution in [2.24, 2.45) is 11.8 Å². The highest BCUT2D eigenvalue weighted by Gasteiger charge is 2.45. The molecule has 4 heterocycles. The largest absolute Gasteiger partial charge is 0.461 e. The smallest absolute Gasteiger partial charge is 0.329 e. The summed E-state index contributed by atoms with van der Waals surface area (Å²) >= 11 is 2.18. The summed E-state index contributed by atoms with van der Waals surface area (Å²) in [6, 6.07) is 5.60. The zero-order valence-corrected chi connectivity index (χ0v) is 48.3. The van der Waals surface area contributed by atoms with Crippen LogP contribution in [0.15, 0.2) is 60.7 Å². The van der Waals surface area contributed by atoms with E-state index in [0.717, 1.165) is 65.0 Å². The van der Waals surface area contributed by atoms with E-state index in [4.69, 9.17) is 9.47 Å². The number of thioether (sulfide) groups is 2. The van der Waals surface area contributed by atoms with E-state index in [2.05, 4.69) is 31.2 Å². The van der Waals surface area contributed by atoms with E-state index in [1.165, 1.54) is 54.2 Å². The number of hydrogen-bond acceptors (Lipinski definition) is 16. The number of likely N-dealkylation sites (N-methyl/N-ethyl adjacent to an activating group) is 4. The average Bonchev–Trinajstić information content (AvgIpc) is 3.41. The molecule has 0 radical (unpaired) electrons. The van der Waals surface area contributed by atoms with Gasteiger partial charge in [-0.15, -0.1) is 23.5 Å². The Morgan fingerprint density at radius 2 is 1.03 bits per heavy atom. The molecule has 2 aliphatic heterocycles. The monoisotopic (exact) mass is 1130 g/mol. The summed E-state index contributed by atoms with van der Waals surface area (Å²) < 4.78 is 10.6. The number of nitrogens with zero attached hydrogens (tertiary/aromatic N) is 6. The number of fused-ring (bicyclic) bond motifs is 6. The van der Waals surface area contributed by atoms with Crippen LogP contribution in [0, 0.1) is 25.7 Å². The highest BCUT2D eigenvalue weighted by Crippen LogP contribution is 2.32. The van der Waals surface area contributed by atoms with Crippen molar-refractivity contribution in [3.63, 3.8) is 0 Å². The van der Waals surface area contributed by atoms with Crippen LogP contribution in [-0.4, -0.2) is 195 Å². The number of benzene rings is 2. The van der Waals surface area contributed by atoms with E-state index >= 15 is 9.59 Å². The number of hydrogen-bond donors (Lipinski definition) is 4. The number of nitrogens with one attached hydrogen (secondary N) is 4. The zero-order chi connectivity index (χ0) is 58.3. The fourth-order valence-corrected chi connectivity index (χ4v) is 12.0. The third kappa shape index (κ3) is 14.1. The SMILES string of the molecule is CSC1SCC2C(=O)N(C)C(C(C)C)C(=O)OCC(NC(=O)c3ccc4cc(C)ccc4n3)C(=O)NC(C)C(=O)N(C)C1C(=O)N(C)C(C(C)C)C(=O)OCC(NC(=O)c1ccc3cc(C)ccc3n1)C(=O)NC(C)C(=O)N2C. The van der Waals surface area contributed by atoms with Crippen molar-refractivity contribution in [2.45, 2.75) is 108 Å². The number of carbonyl (C=O) groups excluding carboxylic acids is 10. The first-order valence-corrected chi connectivity index (χ1v) is 28.1. The standard InChI is InChI=1S/C55H70N10O12S2/c1-27(2)42-53(74)76-24-40(61-46(67)38-21-17-34-23-30(6)15-19-36(34)59-38)48(69)57-32(8)50(71)65(12)44-52(73)64(11)43(28(3)4)54(75)77-25-39(60-45(66)37-20-16-33-22-29(5)14-18-35(33)58-37)47(68)56-31(7)49(70)62(9)41(51(72)63(42)10)26-79-55(44)78-13/h14-23,27-28,31-32,39-44,55H,24-26H2,1-13H3,(H,56,68)(H,57,69)(H,60,66)(H,61,67). The number of carbonyl (C=O) groups is 10. The van der Waals surface area contributed by atoms with Crippen molar-refractivity contribution < 1.29 is 57.4 Å². The van der Waals surface area contributed by atoms with Gasteiger partial charge in [-0.05, 0) is 82.2 Å². The van der Waals surface area contributed by atoms with Crippen molar-refractivity contribution in [2.75, 3.05) is 53.4 Å². The van der Waals surface area contributed by atoms with Gasteiger partial charge in [0.2, 0.25) is 35.4 Å². The van der Waals surface area contributed by atoms with Crippen LogP contribution in [-0.2, 0) is 47.8 Å². The van der Waals surface area contributed by atoms with Crippen molar-refractivity contribution in [1.29, 1.82) is 0 Å². The lowest BCUT2D eigenvalue weighted by molar-refractivity contribution is -0.160. The van der Waals surface area contributed by atoms with Crippen LogP contribution in [0.3, 0.4) is 0 Å². The molecule has 2 aromatic heterocycles. The van der Waals surface area contributed by atoms with E-state index in [9.17, 15) is 38.4 Å². The van der Waals surface area contributed by atoms with Crippen molar-refractivity contribution >= 4 is 105 Å². The van der Waals surface area contributed by atoms with Crippen LogP contribution in [0.25, 0.3) is 21.8 Å². The van der Waals surface area contributed by atoms with Crippen molar-refractivity contribution in [3.05, 3.63) is 83.2 Å². The molecule has 22 nitrogen and oxygen atoms in total. The number of amides is 8. The minimum atomic E-state index is -1.63. The molecule has 79 heavy (non-hydrogen) atoms. The Bertz CT molecular complexity index is 3030. The molecule has 4 N–H and O–H groups in total. The number of aryl methyl sites for hydroxylation is 2. The summed E-state index contributed by atoms with van der Waals surface area (Å²) in [5, 5.41) is 11.9. The van der Waals surface area contributed by atoms with Crippen molar-refractivity contribution in [3.8, 4) is 0 Å². The second-order valence-electron chi connectivity index (χ2n) is 20.6. The van der Waals surface area contributed by atoms with Crippen molar-refractivity contribution in [1.82, 2.24) is 50.8 Å². The van der Waals surface area contributed by atoms with Gasteiger partial charge in [-0.25, -0.2) is 19.6 Å². The van der Waals surface area contributed by atoms with Crippen LogP contribution >= 0.6 is 23.5 Å². The lowest BCUT2D eigenvalue weighted by Gasteiger charge is -2.40. The number of aromatic nitrogens is 2. The maximum atomic E-state index is 15.3. The first kappa shape index (κ1) is 60.9. The fourth-order valence-electron chi connectivity index (χ4n) is 9.49. The molecule has 2 fully saturated rings. The van der Waals surface area contributed by atoms with E-state index in [-0.39, 0.29) is 17.1 Å². The Kier molecular flexibility index (Phi) is 20.1. The summed E-state index contributed by atoms with van der Waals surface area (Å²) in [7, 11) is 5.38. The topological polar surface area (TPSA) is 276 Å². The van der Waals surface area contributed by atoms with E-state index < -0.39 is 137 Å². The van der Waals surface area contributed by atoms with Crippen LogP contribution in [0.1, 0.15) is 73.6 Å². The number of pyridine rings is 2. The summed E-state index contributed by atoms with van der Waals surface area (Å²) in [5.41, 5.74) is 2.81. The first-order chi connectivity index (χ1) is 37.2. The Morgan fingerprint density at radius 1 is 0.608 bits per heavy atom. The van der Waals surface area contributed by atoms with Crippen LogP contribution in [0.5, 0.6) is 0 Å². The van der Waals surface area contributed by atoms with Gasteiger partial charge in [-0.2, -0.15) is 0 Å². The van der Waals surface area contributed by atoms with E-state index in [1.807, 2.05) is 38.1 Å². The number of cyclic esters (lactones) is 2. The molecular formula is C55H70N10O12S2. The molecule has 0 aliphatic carbocycles. The van der Waals surface area contributed by atoms with Gasteiger partial charge in [-0.3, -0.25) is 38.4 Å². The summed E-state index contributed by atoms with van der Waals surface area (Å²) in [5.74, 6) is -10.1. The van der Waals surface area contributed by atoms with Gasteiger partial charge in [0.15, 0.2) is 0 Å². The zero-order valence-electron chi connectivity index (χ0n) is 46.6. The van der Waals surface area contributed by atoms with E-state index in [1.54, 1.807) is 58.2 Å². The second-order valence-corrected chi connectivity index (χ2v) is 23.1. The van der Waals surface area contributed by atoms with Gasteiger partial charge >= 0.3 is 11.9 Å². The van der Waals surface area contributed by atoms with Gasteiger partial charge in [0.25, 0.3) is 11.8 Å². The Balaban J connectivity index is 1.43. The molecule has 2 aliphatic rings. The van der Waals surface area contributed by atoms with E-state index in [0.29, 0.717) is 11.0 Å². The lowest BCUT2D eigenvalue weighted by atomic mass is 10.0. The third-order valence-corrected chi connectivity index (χ3v) is 16.7. The second kappa shape index (κ2) is 26.1. The maximum Gasteiger partial charge on any atom is 0.329 e. The molecule has 4 aromatic rings. The number of rotatable bonds is 7. The Morgan fingerprint density at radius 3 is 1.44 bits per heavy atom. The van der Waals surface area contributed by atoms with Crippen LogP contribution < -0.4 is 21.3 Å². The number of esters is 2. The summed E-state index contributed by atoms with van der Waals surface area (Å²) in [6.07, 6.45) is 1.67. The van der Waals surface area contributed by atoms with Gasteiger partial charge in [0, 0.05) is 44.7 Å². The Hall–Kier alpha value is -7.34. The highest BCUT2D eigenvalue weighted by atomic mass is 32.2. The van der Waals surface area contributed by atoms with Gasteiger partial charge in [-0.1, -0.05) is 63.1 Å². The molecule has 2 saturated heterocycles. The molecule has 24 heteroatoms. The Labute approximate surface area is 467 Å². The normalized spacial score (nSPS) is 25.1. The molecule has 0 saturated carbocycles. The van der Waals surface area contributed by atoms with Gasteiger partial charge in [0.1, 0.15) is 72.9 Å². The first-order valence-electron chi connectivity index (χ1n) is 25.8. The third-order valence-electron chi connectivity index (χ3n) is 13.9. The van der Waals surface area contributed by atoms with Gasteiger partial charge in [0.05, 0.1) is 15.6 Å². The molecule has 9 unspecified atom stereocenters. The molecular weight excluding hydrogens is 1060 g/mol. The molecule has 9 atom stereocenters. The highest BCUT2D eigenvalue weighted by molar-refractivity contribution is 8.16. The maximum absolute atomic E-state index is 15.3. The molecule has 2 bridgehead atoms. The molecule has 8 amide bonds. The fraction of sp³-hybridized carbons (Fsp3) is 0.491. The summed E-state index contributed by atoms with van der Waals surface area (Å²) in [6.45, 7) is 11.6.